The van der Waals surface area contributed by atoms with Crippen molar-refractivity contribution >= 4 is 11.8 Å². The van der Waals surface area contributed by atoms with Gasteiger partial charge in [0.05, 0.1) is 5.56 Å². The van der Waals surface area contributed by atoms with E-state index in [1.165, 1.54) is 0 Å². The van der Waals surface area contributed by atoms with E-state index in [9.17, 15) is 18.4 Å². The number of carbonyl (C=O) groups excluding carboxylic acids is 2. The first-order chi connectivity index (χ1) is 12.4. The third-order valence-electron chi connectivity index (χ3n) is 4.45. The van der Waals surface area contributed by atoms with Crippen LogP contribution < -0.4 is 16.4 Å². The average Bonchev–Trinajstić information content (AvgIpc) is 2.95. The molecule has 0 spiro atoms. The normalized spacial score (nSPS) is 14.6. The minimum atomic E-state index is -1.00. The van der Waals surface area contributed by atoms with Crippen molar-refractivity contribution in [2.75, 3.05) is 13.1 Å². The van der Waals surface area contributed by atoms with Gasteiger partial charge in [-0.2, -0.15) is 0 Å². The van der Waals surface area contributed by atoms with Crippen LogP contribution in [-0.2, 0) is 17.6 Å². The molecule has 1 aliphatic rings. The van der Waals surface area contributed by atoms with Crippen LogP contribution >= 0.6 is 0 Å². The van der Waals surface area contributed by atoms with Crippen molar-refractivity contribution in [3.8, 4) is 0 Å². The summed E-state index contributed by atoms with van der Waals surface area (Å²) in [5, 5.41) is 5.18. The Morgan fingerprint density at radius 1 is 1.00 bits per heavy atom. The first-order valence-corrected chi connectivity index (χ1v) is 8.26. The highest BCUT2D eigenvalue weighted by molar-refractivity contribution is 5.94. The number of halogens is 2. The minimum Gasteiger partial charge on any atom is -0.353 e. The maximum Gasteiger partial charge on any atom is 0.254 e. The van der Waals surface area contributed by atoms with E-state index in [0.717, 1.165) is 23.3 Å². The summed E-state index contributed by atoms with van der Waals surface area (Å²) >= 11 is 0. The van der Waals surface area contributed by atoms with Gasteiger partial charge in [0.1, 0.15) is 17.2 Å². The summed E-state index contributed by atoms with van der Waals surface area (Å²) in [5.41, 5.74) is 7.10. The second-order valence-corrected chi connectivity index (χ2v) is 6.41. The molecule has 5 nitrogen and oxygen atoms in total. The second-order valence-electron chi connectivity index (χ2n) is 6.41. The molecule has 1 aliphatic carbocycles. The summed E-state index contributed by atoms with van der Waals surface area (Å²) in [4.78, 5) is 24.3. The van der Waals surface area contributed by atoms with Crippen LogP contribution in [0.5, 0.6) is 0 Å². The summed E-state index contributed by atoms with van der Waals surface area (Å²) in [6, 6.07) is 10.5. The van der Waals surface area contributed by atoms with E-state index < -0.39 is 23.1 Å². The van der Waals surface area contributed by atoms with Crippen LogP contribution in [0.4, 0.5) is 8.78 Å². The lowest BCUT2D eigenvalue weighted by atomic mass is 9.96. The van der Waals surface area contributed by atoms with Crippen LogP contribution in [0, 0.1) is 11.6 Å². The predicted octanol–water partition coefficient (Wildman–Crippen LogP) is 1.31. The lowest BCUT2D eigenvalue weighted by Crippen LogP contribution is -2.55. The molecule has 2 aromatic carbocycles. The Morgan fingerprint density at radius 3 is 2.23 bits per heavy atom. The fourth-order valence-corrected chi connectivity index (χ4v) is 3.10. The number of nitrogens with two attached hydrogens (primary N) is 1. The van der Waals surface area contributed by atoms with Gasteiger partial charge >= 0.3 is 0 Å². The van der Waals surface area contributed by atoms with Gasteiger partial charge in [-0.25, -0.2) is 8.78 Å². The molecule has 0 unspecified atom stereocenters. The van der Waals surface area contributed by atoms with Crippen LogP contribution in [-0.4, -0.2) is 30.4 Å². The number of carbonyl (C=O) groups is 2. The molecule has 0 saturated carbocycles. The molecule has 26 heavy (non-hydrogen) atoms. The van der Waals surface area contributed by atoms with Gasteiger partial charge in [0.2, 0.25) is 5.91 Å². The number of fused-ring (bicyclic) bond motifs is 1. The maximum absolute atomic E-state index is 13.5. The van der Waals surface area contributed by atoms with E-state index in [0.29, 0.717) is 18.9 Å². The van der Waals surface area contributed by atoms with Crippen molar-refractivity contribution in [3.63, 3.8) is 0 Å². The Kier molecular flexibility index (Phi) is 4.99. The number of rotatable bonds is 5. The van der Waals surface area contributed by atoms with Crippen molar-refractivity contribution < 1.29 is 18.4 Å². The molecule has 0 fully saturated rings. The Balaban J connectivity index is 1.48. The van der Waals surface area contributed by atoms with E-state index in [-0.39, 0.29) is 24.6 Å². The molecule has 136 valence electrons. The standard InChI is InChI=1S/C19H19F2N3O2/c20-14-5-6-15(16(21)9-14)17(25)23-7-8-24-18(26)19(22)10-12-3-1-2-4-13(12)11-19/h1-6,9H,7-8,10-11,22H2,(H,23,25)(H,24,26). The van der Waals surface area contributed by atoms with E-state index in [4.69, 9.17) is 5.73 Å². The third kappa shape index (κ3) is 3.72. The summed E-state index contributed by atoms with van der Waals surface area (Å²) < 4.78 is 26.4. The van der Waals surface area contributed by atoms with Gasteiger partial charge in [0, 0.05) is 19.2 Å². The monoisotopic (exact) mass is 359 g/mol. The molecule has 2 aromatic rings. The first-order valence-electron chi connectivity index (χ1n) is 8.26. The van der Waals surface area contributed by atoms with Crippen molar-refractivity contribution in [1.82, 2.24) is 10.6 Å². The van der Waals surface area contributed by atoms with Gasteiger partial charge in [-0.15, -0.1) is 0 Å². The number of hydrogen-bond acceptors (Lipinski definition) is 3. The fourth-order valence-electron chi connectivity index (χ4n) is 3.10. The number of amides is 2. The van der Waals surface area contributed by atoms with Crippen molar-refractivity contribution in [2.24, 2.45) is 5.73 Å². The zero-order valence-electron chi connectivity index (χ0n) is 14.0. The molecule has 0 bridgehead atoms. The Labute approximate surface area is 149 Å². The summed E-state index contributed by atoms with van der Waals surface area (Å²) in [6.45, 7) is 0.257. The fraction of sp³-hybridized carbons (Fsp3) is 0.263. The van der Waals surface area contributed by atoms with Gasteiger partial charge in [0.15, 0.2) is 0 Å². The van der Waals surface area contributed by atoms with E-state index in [1.54, 1.807) is 0 Å². The number of nitrogens with one attached hydrogen (secondary N) is 2. The highest BCUT2D eigenvalue weighted by Crippen LogP contribution is 2.28. The molecule has 0 radical (unpaired) electrons. The van der Waals surface area contributed by atoms with E-state index in [1.807, 2.05) is 24.3 Å². The lowest BCUT2D eigenvalue weighted by molar-refractivity contribution is -0.126. The first kappa shape index (κ1) is 18.0. The van der Waals surface area contributed by atoms with Crippen LogP contribution in [0.2, 0.25) is 0 Å². The van der Waals surface area contributed by atoms with Crippen LogP contribution in [0.3, 0.4) is 0 Å². The average molecular weight is 359 g/mol. The minimum absolute atomic E-state index is 0.102. The molecular formula is C19H19F2N3O2. The van der Waals surface area contributed by atoms with E-state index >= 15 is 0 Å². The quantitative estimate of drug-likeness (QED) is 0.704. The van der Waals surface area contributed by atoms with Gasteiger partial charge in [0.25, 0.3) is 5.91 Å². The zero-order valence-corrected chi connectivity index (χ0v) is 14.0. The predicted molar refractivity (Wildman–Crippen MR) is 92.5 cm³/mol. The largest absolute Gasteiger partial charge is 0.353 e. The molecule has 3 rings (SSSR count). The molecule has 0 atom stereocenters. The van der Waals surface area contributed by atoms with Crippen molar-refractivity contribution in [2.45, 2.75) is 18.4 Å². The molecule has 0 aliphatic heterocycles. The van der Waals surface area contributed by atoms with Crippen LogP contribution in [0.25, 0.3) is 0 Å². The molecule has 2 amide bonds. The van der Waals surface area contributed by atoms with Gasteiger partial charge in [-0.1, -0.05) is 24.3 Å². The van der Waals surface area contributed by atoms with Crippen LogP contribution in [0.1, 0.15) is 21.5 Å². The van der Waals surface area contributed by atoms with E-state index in [2.05, 4.69) is 10.6 Å². The smallest absolute Gasteiger partial charge is 0.254 e. The zero-order chi connectivity index (χ0) is 18.7. The molecule has 7 heteroatoms. The van der Waals surface area contributed by atoms with Gasteiger partial charge in [-0.05, 0) is 36.1 Å². The number of benzene rings is 2. The Hall–Kier alpha value is -2.80. The second kappa shape index (κ2) is 7.21. The highest BCUT2D eigenvalue weighted by Gasteiger charge is 2.39. The molecule has 0 heterocycles. The highest BCUT2D eigenvalue weighted by atomic mass is 19.1. The molecule has 4 N–H and O–H groups in total. The van der Waals surface area contributed by atoms with Crippen molar-refractivity contribution in [3.05, 3.63) is 70.8 Å². The molecule has 0 saturated heterocycles. The maximum atomic E-state index is 13.5. The van der Waals surface area contributed by atoms with Gasteiger partial charge in [-0.3, -0.25) is 9.59 Å². The topological polar surface area (TPSA) is 84.2 Å². The summed E-state index contributed by atoms with van der Waals surface area (Å²) in [5.74, 6) is -2.66. The Bertz CT molecular complexity index is 829. The van der Waals surface area contributed by atoms with Crippen molar-refractivity contribution in [1.29, 1.82) is 0 Å². The molecule has 0 aromatic heterocycles. The summed E-state index contributed by atoms with van der Waals surface area (Å²) in [6.07, 6.45) is 0.921. The van der Waals surface area contributed by atoms with Crippen LogP contribution in [0.15, 0.2) is 42.5 Å². The SMILES string of the molecule is NC1(C(=O)NCCNC(=O)c2ccc(F)cc2F)Cc2ccccc2C1. The lowest BCUT2D eigenvalue weighted by Gasteiger charge is -2.22. The number of hydrogen-bond donors (Lipinski definition) is 3. The van der Waals surface area contributed by atoms with Gasteiger partial charge < -0.3 is 16.4 Å². The summed E-state index contributed by atoms with van der Waals surface area (Å²) in [7, 11) is 0. The Morgan fingerprint density at radius 2 is 1.62 bits per heavy atom. The third-order valence-corrected chi connectivity index (χ3v) is 4.45. The molecular weight excluding hydrogens is 340 g/mol.